The zero-order valence-electron chi connectivity index (χ0n) is 21.5. The first-order valence-electron chi connectivity index (χ1n) is 13.0. The summed E-state index contributed by atoms with van der Waals surface area (Å²) in [7, 11) is 0. The summed E-state index contributed by atoms with van der Waals surface area (Å²) in [6.07, 6.45) is 3.73. The summed E-state index contributed by atoms with van der Waals surface area (Å²) >= 11 is 0. The summed E-state index contributed by atoms with van der Waals surface area (Å²) < 4.78 is 11.8. The second kappa shape index (κ2) is 10.3. The van der Waals surface area contributed by atoms with Crippen LogP contribution in [0.3, 0.4) is 0 Å². The molecule has 2 aliphatic rings. The fourth-order valence-corrected chi connectivity index (χ4v) is 4.91. The molecule has 1 aromatic heterocycles. The summed E-state index contributed by atoms with van der Waals surface area (Å²) in [4.78, 5) is 24.4. The van der Waals surface area contributed by atoms with Crippen molar-refractivity contribution in [1.82, 2.24) is 10.2 Å². The average molecular weight is 515 g/mol. The van der Waals surface area contributed by atoms with Gasteiger partial charge in [-0.2, -0.15) is 5.26 Å². The number of hydrogen-bond acceptors (Lipinski definition) is 7. The van der Waals surface area contributed by atoms with Crippen LogP contribution in [0.1, 0.15) is 74.5 Å². The Morgan fingerprint density at radius 3 is 2.76 bits per heavy atom. The molecule has 0 aliphatic heterocycles. The molecule has 9 heteroatoms. The van der Waals surface area contributed by atoms with Gasteiger partial charge in [0.25, 0.3) is 0 Å². The predicted molar refractivity (Wildman–Crippen MR) is 139 cm³/mol. The van der Waals surface area contributed by atoms with Crippen LogP contribution in [-0.2, 0) is 21.4 Å². The Labute approximate surface area is 220 Å². The Morgan fingerprint density at radius 2 is 2.05 bits per heavy atom. The minimum Gasteiger partial charge on any atom is -0.494 e. The number of nitrogens with one attached hydrogen (secondary N) is 1. The Balaban J connectivity index is 1.37. The molecule has 9 nitrogen and oxygen atoms in total. The van der Waals surface area contributed by atoms with E-state index >= 15 is 0 Å². The zero-order chi connectivity index (χ0) is 26.9. The van der Waals surface area contributed by atoms with Gasteiger partial charge in [-0.05, 0) is 74.9 Å². The third-order valence-electron chi connectivity index (χ3n) is 7.40. The molecule has 0 saturated heterocycles. The number of ether oxygens (including phenoxy) is 1. The molecular weight excluding hydrogens is 484 g/mol. The van der Waals surface area contributed by atoms with E-state index in [1.165, 1.54) is 0 Å². The Hall–Kier alpha value is -4.19. The van der Waals surface area contributed by atoms with Gasteiger partial charge in [-0.15, -0.1) is 10.2 Å². The third-order valence-corrected chi connectivity index (χ3v) is 7.40. The molecule has 2 saturated carbocycles. The van der Waals surface area contributed by atoms with Gasteiger partial charge in [0, 0.05) is 40.5 Å². The minimum atomic E-state index is -0.866. The molecule has 38 heavy (non-hydrogen) atoms. The lowest BCUT2D eigenvalue weighted by atomic mass is 9.92. The number of nitrogens with zero attached hydrogens (tertiary/aromatic N) is 3. The minimum absolute atomic E-state index is 0.0345. The van der Waals surface area contributed by atoms with E-state index in [-0.39, 0.29) is 18.2 Å². The van der Waals surface area contributed by atoms with Gasteiger partial charge in [0.05, 0.1) is 18.2 Å². The molecule has 0 unspecified atom stereocenters. The smallest absolute Gasteiger partial charge is 0.303 e. The van der Waals surface area contributed by atoms with Crippen molar-refractivity contribution in [2.75, 3.05) is 11.9 Å². The molecule has 2 fully saturated rings. The first-order chi connectivity index (χ1) is 18.3. The van der Waals surface area contributed by atoms with Crippen LogP contribution in [0.2, 0.25) is 0 Å². The van der Waals surface area contributed by atoms with Crippen molar-refractivity contribution in [2.24, 2.45) is 5.92 Å². The van der Waals surface area contributed by atoms with Gasteiger partial charge in [0.15, 0.2) is 0 Å². The molecule has 2 aliphatic carbocycles. The number of aromatic nitrogens is 2. The molecule has 196 valence electrons. The Kier molecular flexibility index (Phi) is 6.89. The molecular formula is C29H30N4O5. The van der Waals surface area contributed by atoms with Crippen LogP contribution in [0.5, 0.6) is 5.75 Å². The van der Waals surface area contributed by atoms with E-state index in [1.54, 1.807) is 18.2 Å². The second-order valence-corrected chi connectivity index (χ2v) is 10.3. The molecule has 2 aromatic carbocycles. The van der Waals surface area contributed by atoms with Crippen molar-refractivity contribution >= 4 is 17.6 Å². The molecule has 1 amide bonds. The number of nitriles is 1. The Morgan fingerprint density at radius 1 is 1.24 bits per heavy atom. The number of aryl methyl sites for hydroxylation is 1. The number of carboxylic acid groups (broad SMARTS) is 1. The Bertz CT molecular complexity index is 1420. The molecule has 0 radical (unpaired) electrons. The maximum absolute atomic E-state index is 13.4. The SMILES string of the molecule is CCOc1ccc(-c2nnc(C3CC3)o2)cc1[C@]1(C)C[C@H]1C(=O)Nc1cc(C#N)ccc1CCCC(=O)O. The first kappa shape index (κ1) is 25.5. The van der Waals surface area contributed by atoms with Gasteiger partial charge >= 0.3 is 5.97 Å². The van der Waals surface area contributed by atoms with E-state index in [4.69, 9.17) is 14.3 Å². The lowest BCUT2D eigenvalue weighted by Gasteiger charge is -2.18. The highest BCUT2D eigenvalue weighted by molar-refractivity contribution is 5.97. The van der Waals surface area contributed by atoms with E-state index in [0.29, 0.717) is 54.8 Å². The molecule has 3 aromatic rings. The normalized spacial score (nSPS) is 20.0. The predicted octanol–water partition coefficient (Wildman–Crippen LogP) is 5.21. The van der Waals surface area contributed by atoms with E-state index in [0.717, 1.165) is 35.3 Å². The topological polar surface area (TPSA) is 138 Å². The van der Waals surface area contributed by atoms with Crippen LogP contribution < -0.4 is 10.1 Å². The number of rotatable bonds is 11. The number of amides is 1. The maximum Gasteiger partial charge on any atom is 0.303 e. The van der Waals surface area contributed by atoms with Crippen LogP contribution in [-0.4, -0.2) is 33.8 Å². The molecule has 0 bridgehead atoms. The van der Waals surface area contributed by atoms with E-state index in [2.05, 4.69) is 21.6 Å². The molecule has 2 N–H and O–H groups in total. The highest BCUT2D eigenvalue weighted by atomic mass is 16.5. The number of aliphatic carboxylic acids is 1. The van der Waals surface area contributed by atoms with Crippen LogP contribution >= 0.6 is 0 Å². The van der Waals surface area contributed by atoms with Crippen molar-refractivity contribution in [2.45, 2.75) is 63.7 Å². The quantitative estimate of drug-likeness (QED) is 0.356. The van der Waals surface area contributed by atoms with Gasteiger partial charge in [-0.25, -0.2) is 0 Å². The number of hydrogen-bond donors (Lipinski definition) is 2. The van der Waals surface area contributed by atoms with Crippen molar-refractivity contribution < 1.29 is 23.8 Å². The largest absolute Gasteiger partial charge is 0.494 e. The third kappa shape index (κ3) is 5.25. The lowest BCUT2D eigenvalue weighted by Crippen LogP contribution is -2.21. The van der Waals surface area contributed by atoms with Crippen molar-refractivity contribution in [3.63, 3.8) is 0 Å². The van der Waals surface area contributed by atoms with Crippen molar-refractivity contribution in [3.8, 4) is 23.3 Å². The molecule has 0 spiro atoms. The van der Waals surface area contributed by atoms with Crippen molar-refractivity contribution in [3.05, 3.63) is 59.0 Å². The average Bonchev–Trinajstić information content (AvgIpc) is 3.82. The fraction of sp³-hybridized carbons (Fsp3) is 0.414. The maximum atomic E-state index is 13.4. The van der Waals surface area contributed by atoms with E-state index in [1.807, 2.05) is 32.0 Å². The van der Waals surface area contributed by atoms with Crippen LogP contribution in [0.4, 0.5) is 5.69 Å². The van der Waals surface area contributed by atoms with Crippen LogP contribution in [0.25, 0.3) is 11.5 Å². The van der Waals surface area contributed by atoms with Crippen molar-refractivity contribution in [1.29, 1.82) is 5.26 Å². The summed E-state index contributed by atoms with van der Waals surface area (Å²) in [5, 5.41) is 29.8. The summed E-state index contributed by atoms with van der Waals surface area (Å²) in [5.74, 6) is 0.889. The first-order valence-corrected chi connectivity index (χ1v) is 13.0. The number of benzene rings is 2. The van der Waals surface area contributed by atoms with Gasteiger partial charge < -0.3 is 19.6 Å². The van der Waals surface area contributed by atoms with E-state index in [9.17, 15) is 14.9 Å². The zero-order valence-corrected chi connectivity index (χ0v) is 21.5. The van der Waals surface area contributed by atoms with Gasteiger partial charge in [-0.1, -0.05) is 13.0 Å². The molecule has 1 heterocycles. The van der Waals surface area contributed by atoms with Gasteiger partial charge in [0.1, 0.15) is 5.75 Å². The number of carbonyl (C=O) groups is 2. The lowest BCUT2D eigenvalue weighted by molar-refractivity contribution is -0.137. The summed E-state index contributed by atoms with van der Waals surface area (Å²) in [6, 6.07) is 13.0. The number of carboxylic acids is 1. The van der Waals surface area contributed by atoms with E-state index < -0.39 is 11.4 Å². The van der Waals surface area contributed by atoms with Gasteiger partial charge in [0.2, 0.25) is 17.7 Å². The second-order valence-electron chi connectivity index (χ2n) is 10.3. The van der Waals surface area contributed by atoms with Crippen LogP contribution in [0.15, 0.2) is 40.8 Å². The summed E-state index contributed by atoms with van der Waals surface area (Å²) in [5.41, 5.74) is 3.03. The molecule has 5 rings (SSSR count). The number of anilines is 1. The van der Waals surface area contributed by atoms with Gasteiger partial charge in [-0.3, -0.25) is 9.59 Å². The highest BCUT2D eigenvalue weighted by Crippen LogP contribution is 2.57. The summed E-state index contributed by atoms with van der Waals surface area (Å²) in [6.45, 7) is 4.46. The highest BCUT2D eigenvalue weighted by Gasteiger charge is 2.57. The fourth-order valence-electron chi connectivity index (χ4n) is 4.91. The monoisotopic (exact) mass is 514 g/mol. The standard InChI is InChI=1S/C29H30N4O5/c1-3-37-24-12-11-20(28-33-32-27(38-28)19-9-10-19)14-21(24)29(2)15-22(29)26(36)31-23-13-17(16-30)7-8-18(23)5-4-6-25(34)35/h7-8,11-14,19,22H,3-6,9-10,15H2,1-2H3,(H,31,36)(H,34,35)/t22-,29-/m0/s1. The number of carbonyl (C=O) groups excluding carboxylic acids is 1. The van der Waals surface area contributed by atoms with Crippen LogP contribution in [0, 0.1) is 17.2 Å². The molecule has 2 atom stereocenters.